The molecule has 7 heteroatoms. The number of rotatable bonds is 8. The van der Waals surface area contributed by atoms with E-state index in [0.717, 1.165) is 49.7 Å². The van der Waals surface area contributed by atoms with Crippen LogP contribution in [0.15, 0.2) is 40.9 Å². The number of methoxy groups -OCH3 is 1. The minimum atomic E-state index is 0.0539. The SMILES string of the molecule is COCCNC(=O)CN1CCN(Cc2cc(-c3ccccc3)no2)CC1. The number of ether oxygens (including phenoxy) is 1. The molecular weight excluding hydrogens is 332 g/mol. The largest absolute Gasteiger partial charge is 0.383 e. The standard InChI is InChI=1S/C19H26N4O3/c1-25-12-7-20-19(24)15-23-10-8-22(9-11-23)14-17-13-18(21-26-17)16-5-3-2-4-6-16/h2-6,13H,7-12,14-15H2,1H3,(H,20,24). The summed E-state index contributed by atoms with van der Waals surface area (Å²) in [7, 11) is 1.63. The zero-order chi connectivity index (χ0) is 18.2. The van der Waals surface area contributed by atoms with Gasteiger partial charge in [0.25, 0.3) is 0 Å². The molecule has 1 saturated heterocycles. The molecule has 1 N–H and O–H groups in total. The zero-order valence-corrected chi connectivity index (χ0v) is 15.2. The highest BCUT2D eigenvalue weighted by molar-refractivity contribution is 5.78. The van der Waals surface area contributed by atoms with Gasteiger partial charge >= 0.3 is 0 Å². The Labute approximate surface area is 153 Å². The molecule has 1 fully saturated rings. The molecule has 1 aromatic heterocycles. The van der Waals surface area contributed by atoms with Crippen molar-refractivity contribution in [3.05, 3.63) is 42.2 Å². The van der Waals surface area contributed by atoms with Crippen LogP contribution in [-0.4, -0.2) is 73.8 Å². The van der Waals surface area contributed by atoms with E-state index < -0.39 is 0 Å². The zero-order valence-electron chi connectivity index (χ0n) is 15.2. The normalized spacial score (nSPS) is 15.9. The van der Waals surface area contributed by atoms with Crippen molar-refractivity contribution in [1.29, 1.82) is 0 Å². The number of nitrogens with zero attached hydrogens (tertiary/aromatic N) is 3. The summed E-state index contributed by atoms with van der Waals surface area (Å²) in [6.07, 6.45) is 0. The van der Waals surface area contributed by atoms with E-state index in [0.29, 0.717) is 19.7 Å². The Kier molecular flexibility index (Phi) is 6.76. The molecule has 0 spiro atoms. The van der Waals surface area contributed by atoms with Crippen LogP contribution in [0.3, 0.4) is 0 Å². The Hall–Kier alpha value is -2.22. The van der Waals surface area contributed by atoms with E-state index in [4.69, 9.17) is 9.26 Å². The maximum absolute atomic E-state index is 11.9. The van der Waals surface area contributed by atoms with Gasteiger partial charge in [-0.15, -0.1) is 0 Å². The van der Waals surface area contributed by atoms with Gasteiger partial charge in [0.05, 0.1) is 19.7 Å². The van der Waals surface area contributed by atoms with E-state index in [2.05, 4.69) is 20.3 Å². The molecule has 2 aromatic rings. The van der Waals surface area contributed by atoms with E-state index in [9.17, 15) is 4.79 Å². The monoisotopic (exact) mass is 358 g/mol. The van der Waals surface area contributed by atoms with Gasteiger partial charge in [-0.3, -0.25) is 14.6 Å². The molecule has 0 bridgehead atoms. The molecule has 7 nitrogen and oxygen atoms in total. The minimum absolute atomic E-state index is 0.0539. The van der Waals surface area contributed by atoms with Crippen LogP contribution in [-0.2, 0) is 16.1 Å². The van der Waals surface area contributed by atoms with Gasteiger partial charge in [-0.2, -0.15) is 0 Å². The molecular formula is C19H26N4O3. The summed E-state index contributed by atoms with van der Waals surface area (Å²) in [6.45, 7) is 5.85. The maximum atomic E-state index is 11.9. The van der Waals surface area contributed by atoms with Gasteiger partial charge in [-0.1, -0.05) is 35.5 Å². The molecule has 26 heavy (non-hydrogen) atoms. The van der Waals surface area contributed by atoms with Crippen LogP contribution in [0.4, 0.5) is 0 Å². The van der Waals surface area contributed by atoms with Crippen molar-refractivity contribution in [3.63, 3.8) is 0 Å². The van der Waals surface area contributed by atoms with E-state index >= 15 is 0 Å². The lowest BCUT2D eigenvalue weighted by atomic mass is 10.1. The van der Waals surface area contributed by atoms with E-state index in [1.165, 1.54) is 0 Å². The van der Waals surface area contributed by atoms with Crippen molar-refractivity contribution < 1.29 is 14.1 Å². The van der Waals surface area contributed by atoms with Crippen LogP contribution in [0, 0.1) is 0 Å². The molecule has 1 amide bonds. The molecule has 0 saturated carbocycles. The molecule has 1 aromatic carbocycles. The van der Waals surface area contributed by atoms with Gasteiger partial charge in [0.1, 0.15) is 5.69 Å². The van der Waals surface area contributed by atoms with Crippen LogP contribution in [0.5, 0.6) is 0 Å². The average molecular weight is 358 g/mol. The average Bonchev–Trinajstić information content (AvgIpc) is 3.13. The van der Waals surface area contributed by atoms with Crippen LogP contribution >= 0.6 is 0 Å². The highest BCUT2D eigenvalue weighted by Gasteiger charge is 2.20. The Bertz CT molecular complexity index is 681. The van der Waals surface area contributed by atoms with Gasteiger partial charge in [0.15, 0.2) is 5.76 Å². The summed E-state index contributed by atoms with van der Waals surface area (Å²) in [5.41, 5.74) is 1.93. The summed E-state index contributed by atoms with van der Waals surface area (Å²) in [5, 5.41) is 7.02. The smallest absolute Gasteiger partial charge is 0.234 e. The van der Waals surface area contributed by atoms with Gasteiger partial charge < -0.3 is 14.6 Å². The predicted molar refractivity (Wildman–Crippen MR) is 98.5 cm³/mol. The number of hydrogen-bond donors (Lipinski definition) is 1. The molecule has 1 aliphatic heterocycles. The van der Waals surface area contributed by atoms with Crippen LogP contribution in [0.2, 0.25) is 0 Å². The second-order valence-corrected chi connectivity index (χ2v) is 6.44. The van der Waals surface area contributed by atoms with Crippen molar-refractivity contribution >= 4 is 5.91 Å². The van der Waals surface area contributed by atoms with Crippen molar-refractivity contribution in [2.75, 3.05) is 53.0 Å². The Morgan fingerprint density at radius 1 is 1.19 bits per heavy atom. The Morgan fingerprint density at radius 2 is 1.92 bits per heavy atom. The molecule has 140 valence electrons. The number of aromatic nitrogens is 1. The maximum Gasteiger partial charge on any atom is 0.234 e. The third-order valence-electron chi connectivity index (χ3n) is 4.47. The first-order valence-corrected chi connectivity index (χ1v) is 8.96. The van der Waals surface area contributed by atoms with E-state index in [1.54, 1.807) is 7.11 Å². The van der Waals surface area contributed by atoms with Crippen LogP contribution in [0.1, 0.15) is 5.76 Å². The van der Waals surface area contributed by atoms with Crippen molar-refractivity contribution in [3.8, 4) is 11.3 Å². The second-order valence-electron chi connectivity index (χ2n) is 6.44. The highest BCUT2D eigenvalue weighted by Crippen LogP contribution is 2.19. The minimum Gasteiger partial charge on any atom is -0.383 e. The Morgan fingerprint density at radius 3 is 2.65 bits per heavy atom. The van der Waals surface area contributed by atoms with E-state index in [-0.39, 0.29) is 5.91 Å². The molecule has 0 atom stereocenters. The number of nitrogens with one attached hydrogen (secondary N) is 1. The fraction of sp³-hybridized carbons (Fsp3) is 0.474. The van der Waals surface area contributed by atoms with Gasteiger partial charge in [-0.25, -0.2) is 0 Å². The topological polar surface area (TPSA) is 70.8 Å². The quantitative estimate of drug-likeness (QED) is 0.716. The van der Waals surface area contributed by atoms with Gasteiger partial charge in [-0.05, 0) is 0 Å². The first-order valence-electron chi connectivity index (χ1n) is 8.96. The number of piperazine rings is 1. The predicted octanol–water partition coefficient (Wildman–Crippen LogP) is 1.22. The molecule has 0 aliphatic carbocycles. The first-order chi connectivity index (χ1) is 12.7. The number of hydrogen-bond acceptors (Lipinski definition) is 6. The molecule has 3 rings (SSSR count). The number of carbonyl (C=O) groups excluding carboxylic acids is 1. The van der Waals surface area contributed by atoms with Crippen LogP contribution in [0.25, 0.3) is 11.3 Å². The first kappa shape index (κ1) is 18.6. The lowest BCUT2D eigenvalue weighted by molar-refractivity contribution is -0.122. The molecule has 1 aliphatic rings. The van der Waals surface area contributed by atoms with Crippen molar-refractivity contribution in [2.24, 2.45) is 0 Å². The lowest BCUT2D eigenvalue weighted by Crippen LogP contribution is -2.49. The van der Waals surface area contributed by atoms with Gasteiger partial charge in [0, 0.05) is 51.5 Å². The number of benzene rings is 1. The fourth-order valence-electron chi connectivity index (χ4n) is 3.01. The third kappa shape index (κ3) is 5.39. The summed E-state index contributed by atoms with van der Waals surface area (Å²) in [5.74, 6) is 0.924. The fourth-order valence-corrected chi connectivity index (χ4v) is 3.01. The Balaban J connectivity index is 1.42. The van der Waals surface area contributed by atoms with E-state index in [1.807, 2.05) is 36.4 Å². The van der Waals surface area contributed by atoms with Gasteiger partial charge in [0.2, 0.25) is 5.91 Å². The molecule has 2 heterocycles. The summed E-state index contributed by atoms with van der Waals surface area (Å²) >= 11 is 0. The lowest BCUT2D eigenvalue weighted by Gasteiger charge is -2.33. The van der Waals surface area contributed by atoms with Crippen molar-refractivity contribution in [2.45, 2.75) is 6.54 Å². The third-order valence-corrected chi connectivity index (χ3v) is 4.47. The summed E-state index contributed by atoms with van der Waals surface area (Å²) < 4.78 is 10.4. The highest BCUT2D eigenvalue weighted by atomic mass is 16.5. The second kappa shape index (κ2) is 9.47. The molecule has 0 radical (unpaired) electrons. The van der Waals surface area contributed by atoms with Crippen molar-refractivity contribution in [1.82, 2.24) is 20.3 Å². The summed E-state index contributed by atoms with van der Waals surface area (Å²) in [4.78, 5) is 16.4. The summed E-state index contributed by atoms with van der Waals surface area (Å²) in [6, 6.07) is 12.0. The van der Waals surface area contributed by atoms with Crippen LogP contribution < -0.4 is 5.32 Å². The molecule has 0 unspecified atom stereocenters. The number of carbonyl (C=O) groups is 1. The number of amides is 1.